The van der Waals surface area contributed by atoms with Crippen molar-refractivity contribution in [2.75, 3.05) is 13.7 Å². The second-order valence-electron chi connectivity index (χ2n) is 4.46. The van der Waals surface area contributed by atoms with Crippen LogP contribution in [0.5, 0.6) is 5.75 Å². The predicted octanol–water partition coefficient (Wildman–Crippen LogP) is 0.906. The fourth-order valence-corrected chi connectivity index (χ4v) is 1.79. The van der Waals surface area contributed by atoms with Crippen molar-refractivity contribution in [2.45, 2.75) is 13.1 Å². The predicted molar refractivity (Wildman–Crippen MR) is 74.9 cm³/mol. The number of nitrogens with two attached hydrogens (primary N) is 1. The van der Waals surface area contributed by atoms with Crippen LogP contribution in [0.15, 0.2) is 36.7 Å². The monoisotopic (exact) mass is 274 g/mol. The van der Waals surface area contributed by atoms with Gasteiger partial charge >= 0.3 is 0 Å². The highest BCUT2D eigenvalue weighted by Crippen LogP contribution is 2.17. The van der Waals surface area contributed by atoms with Crippen molar-refractivity contribution in [2.24, 2.45) is 5.73 Å². The molecule has 0 unspecified atom stereocenters. The van der Waals surface area contributed by atoms with Gasteiger partial charge in [-0.25, -0.2) is 0 Å². The van der Waals surface area contributed by atoms with Crippen molar-refractivity contribution in [1.82, 2.24) is 15.1 Å². The van der Waals surface area contributed by atoms with Gasteiger partial charge in [0.1, 0.15) is 5.75 Å². The molecule has 6 heteroatoms. The van der Waals surface area contributed by atoms with Gasteiger partial charge in [0, 0.05) is 37.5 Å². The summed E-state index contributed by atoms with van der Waals surface area (Å²) >= 11 is 0. The Morgan fingerprint density at radius 2 is 2.25 bits per heavy atom. The third kappa shape index (κ3) is 3.58. The molecule has 0 fully saturated rings. The van der Waals surface area contributed by atoms with E-state index in [0.29, 0.717) is 18.8 Å². The molecule has 20 heavy (non-hydrogen) atoms. The van der Waals surface area contributed by atoms with Crippen LogP contribution in [0.2, 0.25) is 0 Å². The summed E-state index contributed by atoms with van der Waals surface area (Å²) in [5.41, 5.74) is 7.46. The SMILES string of the molecule is CN(Cc1cn[nH]c1)C(=O)COc1ccccc1CN. The number of H-pyrrole nitrogens is 1. The number of carbonyl (C=O) groups is 1. The summed E-state index contributed by atoms with van der Waals surface area (Å²) < 4.78 is 5.54. The number of hydrogen-bond acceptors (Lipinski definition) is 4. The number of hydrogen-bond donors (Lipinski definition) is 2. The summed E-state index contributed by atoms with van der Waals surface area (Å²) in [6, 6.07) is 7.44. The van der Waals surface area contributed by atoms with Crippen LogP contribution in [0.3, 0.4) is 0 Å². The molecule has 0 bridgehead atoms. The number of benzene rings is 1. The van der Waals surface area contributed by atoms with Gasteiger partial charge in [0.2, 0.25) is 0 Å². The maximum atomic E-state index is 12.0. The maximum Gasteiger partial charge on any atom is 0.260 e. The lowest BCUT2D eigenvalue weighted by Gasteiger charge is -2.17. The molecular weight excluding hydrogens is 256 g/mol. The molecule has 3 N–H and O–H groups in total. The third-order valence-electron chi connectivity index (χ3n) is 2.94. The number of rotatable bonds is 6. The van der Waals surface area contributed by atoms with Crippen LogP contribution in [0, 0.1) is 0 Å². The van der Waals surface area contributed by atoms with Gasteiger partial charge in [0.05, 0.1) is 6.20 Å². The number of carbonyl (C=O) groups excluding carboxylic acids is 1. The number of nitrogens with one attached hydrogen (secondary N) is 1. The van der Waals surface area contributed by atoms with Crippen LogP contribution in [-0.2, 0) is 17.9 Å². The highest BCUT2D eigenvalue weighted by Gasteiger charge is 2.11. The highest BCUT2D eigenvalue weighted by atomic mass is 16.5. The Kier molecular flexibility index (Phi) is 4.73. The van der Waals surface area contributed by atoms with Gasteiger partial charge in [-0.15, -0.1) is 0 Å². The Hall–Kier alpha value is -2.34. The zero-order valence-corrected chi connectivity index (χ0v) is 11.4. The molecule has 0 aliphatic heterocycles. The highest BCUT2D eigenvalue weighted by molar-refractivity contribution is 5.77. The second kappa shape index (κ2) is 6.72. The number of likely N-dealkylation sites (N-methyl/N-ethyl adjacent to an activating group) is 1. The number of nitrogens with zero attached hydrogens (tertiary/aromatic N) is 2. The summed E-state index contributed by atoms with van der Waals surface area (Å²) in [5.74, 6) is 0.554. The minimum Gasteiger partial charge on any atom is -0.483 e. The van der Waals surface area contributed by atoms with Gasteiger partial charge in [0.25, 0.3) is 5.91 Å². The molecule has 0 aliphatic carbocycles. The molecule has 106 valence electrons. The fourth-order valence-electron chi connectivity index (χ4n) is 1.79. The van der Waals surface area contributed by atoms with Crippen LogP contribution in [-0.4, -0.2) is 34.7 Å². The van der Waals surface area contributed by atoms with Crippen LogP contribution < -0.4 is 10.5 Å². The second-order valence-corrected chi connectivity index (χ2v) is 4.46. The van der Waals surface area contributed by atoms with Gasteiger partial charge in [-0.3, -0.25) is 9.89 Å². The standard InChI is InChI=1S/C14H18N4O2/c1-18(9-11-7-16-17-8-11)14(19)10-20-13-5-3-2-4-12(13)6-15/h2-5,7-8H,6,9-10,15H2,1H3,(H,16,17). The third-order valence-corrected chi connectivity index (χ3v) is 2.94. The number of aromatic nitrogens is 2. The van der Waals surface area contributed by atoms with E-state index < -0.39 is 0 Å². The lowest BCUT2D eigenvalue weighted by Crippen LogP contribution is -2.31. The van der Waals surface area contributed by atoms with Gasteiger partial charge in [-0.05, 0) is 6.07 Å². The summed E-state index contributed by atoms with van der Waals surface area (Å²) in [7, 11) is 1.73. The minimum absolute atomic E-state index is 0.00857. The van der Waals surface area contributed by atoms with E-state index in [1.807, 2.05) is 24.3 Å². The summed E-state index contributed by atoms with van der Waals surface area (Å²) in [4.78, 5) is 13.6. The summed E-state index contributed by atoms with van der Waals surface area (Å²) in [5, 5.41) is 6.56. The zero-order chi connectivity index (χ0) is 14.4. The molecule has 6 nitrogen and oxygen atoms in total. The molecule has 0 aliphatic rings. The quantitative estimate of drug-likeness (QED) is 0.820. The summed E-state index contributed by atoms with van der Waals surface area (Å²) in [6.45, 7) is 0.873. The van der Waals surface area contributed by atoms with E-state index in [4.69, 9.17) is 10.5 Å². The van der Waals surface area contributed by atoms with Crippen molar-refractivity contribution in [3.8, 4) is 5.75 Å². The van der Waals surface area contributed by atoms with E-state index in [9.17, 15) is 4.79 Å². The molecule has 0 radical (unpaired) electrons. The fraction of sp³-hybridized carbons (Fsp3) is 0.286. The van der Waals surface area contributed by atoms with Crippen molar-refractivity contribution in [3.05, 3.63) is 47.8 Å². The lowest BCUT2D eigenvalue weighted by molar-refractivity contribution is -0.132. The van der Waals surface area contributed by atoms with Crippen molar-refractivity contribution in [1.29, 1.82) is 0 Å². The van der Waals surface area contributed by atoms with E-state index in [-0.39, 0.29) is 12.5 Å². The molecular formula is C14H18N4O2. The zero-order valence-electron chi connectivity index (χ0n) is 11.4. The first-order valence-electron chi connectivity index (χ1n) is 6.33. The molecule has 0 saturated heterocycles. The van der Waals surface area contributed by atoms with E-state index in [1.54, 1.807) is 24.3 Å². The number of ether oxygens (including phenoxy) is 1. The Morgan fingerprint density at radius 3 is 2.95 bits per heavy atom. The first kappa shape index (κ1) is 14.1. The lowest BCUT2D eigenvalue weighted by atomic mass is 10.2. The molecule has 1 aromatic carbocycles. The summed E-state index contributed by atoms with van der Waals surface area (Å²) in [6.07, 6.45) is 3.45. The Bertz CT molecular complexity index is 554. The average Bonchev–Trinajstić information content (AvgIpc) is 2.97. The van der Waals surface area contributed by atoms with Crippen LogP contribution >= 0.6 is 0 Å². The Labute approximate surface area is 117 Å². The smallest absolute Gasteiger partial charge is 0.260 e. The van der Waals surface area contributed by atoms with E-state index in [1.165, 1.54) is 0 Å². The first-order chi connectivity index (χ1) is 9.70. The van der Waals surface area contributed by atoms with Gasteiger partial charge in [-0.2, -0.15) is 5.10 Å². The molecule has 1 amide bonds. The van der Waals surface area contributed by atoms with E-state index >= 15 is 0 Å². The molecule has 1 aromatic heterocycles. The Morgan fingerprint density at radius 1 is 1.45 bits per heavy atom. The van der Waals surface area contributed by atoms with Gasteiger partial charge < -0.3 is 15.4 Å². The number of amides is 1. The molecule has 2 rings (SSSR count). The van der Waals surface area contributed by atoms with E-state index in [0.717, 1.165) is 11.1 Å². The van der Waals surface area contributed by atoms with E-state index in [2.05, 4.69) is 10.2 Å². The Balaban J connectivity index is 1.88. The van der Waals surface area contributed by atoms with Crippen LogP contribution in [0.1, 0.15) is 11.1 Å². The van der Waals surface area contributed by atoms with Crippen molar-refractivity contribution < 1.29 is 9.53 Å². The molecule has 2 aromatic rings. The van der Waals surface area contributed by atoms with Crippen LogP contribution in [0.25, 0.3) is 0 Å². The first-order valence-corrected chi connectivity index (χ1v) is 6.33. The van der Waals surface area contributed by atoms with Crippen LogP contribution in [0.4, 0.5) is 0 Å². The molecule has 0 saturated carbocycles. The van der Waals surface area contributed by atoms with Crippen molar-refractivity contribution in [3.63, 3.8) is 0 Å². The van der Waals surface area contributed by atoms with Gasteiger partial charge in [0.15, 0.2) is 6.61 Å². The number of aromatic amines is 1. The minimum atomic E-state index is -0.0991. The molecule has 0 atom stereocenters. The normalized spacial score (nSPS) is 10.3. The molecule has 0 spiro atoms. The molecule has 1 heterocycles. The van der Waals surface area contributed by atoms with Crippen molar-refractivity contribution >= 4 is 5.91 Å². The topological polar surface area (TPSA) is 84.2 Å². The van der Waals surface area contributed by atoms with Gasteiger partial charge in [-0.1, -0.05) is 18.2 Å². The largest absolute Gasteiger partial charge is 0.483 e. The average molecular weight is 274 g/mol. The number of para-hydroxylation sites is 1. The maximum absolute atomic E-state index is 12.0.